The van der Waals surface area contributed by atoms with E-state index in [-0.39, 0.29) is 5.76 Å². The van der Waals surface area contributed by atoms with E-state index in [1.807, 2.05) is 6.92 Å². The normalized spacial score (nSPS) is 10.5. The molecule has 0 aromatic carbocycles. The largest absolute Gasteiger partial charge is 0.508 e. The SMILES string of the molecule is C=C/C=C(O)\C=C/C.CB(O)O. The molecule has 0 unspecified atom stereocenters. The lowest BCUT2D eigenvalue weighted by atomic mass is 9.99. The lowest BCUT2D eigenvalue weighted by Crippen LogP contribution is -2.00. The summed E-state index contributed by atoms with van der Waals surface area (Å²) in [6, 6.07) is 0. The highest BCUT2D eigenvalue weighted by Gasteiger charge is 1.86. The van der Waals surface area contributed by atoms with Gasteiger partial charge in [0.15, 0.2) is 0 Å². The van der Waals surface area contributed by atoms with Gasteiger partial charge < -0.3 is 15.2 Å². The van der Waals surface area contributed by atoms with Crippen LogP contribution in [-0.4, -0.2) is 22.3 Å². The quantitative estimate of drug-likeness (QED) is 0.332. The Morgan fingerprint density at radius 3 is 2.08 bits per heavy atom. The topological polar surface area (TPSA) is 60.7 Å². The zero-order valence-corrected chi connectivity index (χ0v) is 7.44. The molecule has 0 saturated heterocycles. The van der Waals surface area contributed by atoms with Crippen LogP contribution in [0.5, 0.6) is 0 Å². The van der Waals surface area contributed by atoms with Gasteiger partial charge in [-0.2, -0.15) is 0 Å². The summed E-state index contributed by atoms with van der Waals surface area (Å²) < 4.78 is 0. The summed E-state index contributed by atoms with van der Waals surface area (Å²) in [5, 5.41) is 24.0. The fraction of sp³-hybridized carbons (Fsp3) is 0.250. The van der Waals surface area contributed by atoms with Gasteiger partial charge in [-0.3, -0.25) is 0 Å². The molecular formula is C8H15BO3. The van der Waals surface area contributed by atoms with Gasteiger partial charge in [-0.05, 0) is 25.9 Å². The first-order valence-corrected chi connectivity index (χ1v) is 3.55. The van der Waals surface area contributed by atoms with Gasteiger partial charge in [-0.25, -0.2) is 0 Å². The number of aliphatic hydroxyl groups is 1. The summed E-state index contributed by atoms with van der Waals surface area (Å²) in [5.41, 5.74) is 0. The smallest absolute Gasteiger partial charge is 0.448 e. The Labute approximate surface area is 73.5 Å². The predicted octanol–water partition coefficient (Wildman–Crippen LogP) is 1.28. The van der Waals surface area contributed by atoms with Crippen molar-refractivity contribution >= 4 is 7.12 Å². The highest BCUT2D eigenvalue weighted by molar-refractivity contribution is 6.38. The maximum absolute atomic E-state index is 8.75. The first-order valence-electron chi connectivity index (χ1n) is 3.55. The summed E-state index contributed by atoms with van der Waals surface area (Å²) in [6.45, 7) is 6.53. The van der Waals surface area contributed by atoms with Crippen molar-refractivity contribution in [1.29, 1.82) is 0 Å². The standard InChI is InChI=1S/C7H10O.CH5BO2/c1-3-5-7(8)6-4-2;1-2(3)4/h3-6,8H,1H2,2H3;3-4H,1H3/b6-4-,7-5+;. The van der Waals surface area contributed by atoms with Crippen molar-refractivity contribution in [3.05, 3.63) is 36.6 Å². The highest BCUT2D eigenvalue weighted by atomic mass is 16.4. The monoisotopic (exact) mass is 170 g/mol. The third kappa shape index (κ3) is 23.0. The van der Waals surface area contributed by atoms with Crippen LogP contribution in [0.3, 0.4) is 0 Å². The van der Waals surface area contributed by atoms with E-state index in [2.05, 4.69) is 6.58 Å². The lowest BCUT2D eigenvalue weighted by molar-refractivity contribution is 0.417. The van der Waals surface area contributed by atoms with Gasteiger partial charge in [0.05, 0.1) is 0 Å². The van der Waals surface area contributed by atoms with E-state index >= 15 is 0 Å². The van der Waals surface area contributed by atoms with E-state index in [1.54, 1.807) is 12.2 Å². The summed E-state index contributed by atoms with van der Waals surface area (Å²) >= 11 is 0. The lowest BCUT2D eigenvalue weighted by Gasteiger charge is -1.82. The average molecular weight is 170 g/mol. The molecular weight excluding hydrogens is 155 g/mol. The minimum atomic E-state index is -1.17. The first kappa shape index (κ1) is 13.6. The molecule has 0 aromatic rings. The molecule has 3 nitrogen and oxygen atoms in total. The molecule has 0 aliphatic rings. The van der Waals surface area contributed by atoms with Crippen molar-refractivity contribution < 1.29 is 15.2 Å². The molecule has 0 radical (unpaired) electrons. The molecule has 0 saturated carbocycles. The Morgan fingerprint density at radius 1 is 1.42 bits per heavy atom. The molecule has 12 heavy (non-hydrogen) atoms. The molecule has 0 aromatic heterocycles. The van der Waals surface area contributed by atoms with E-state index in [0.717, 1.165) is 0 Å². The molecule has 0 aliphatic heterocycles. The fourth-order valence-corrected chi connectivity index (χ4v) is 0.347. The fourth-order valence-electron chi connectivity index (χ4n) is 0.347. The number of hydrogen-bond donors (Lipinski definition) is 3. The minimum Gasteiger partial charge on any atom is -0.508 e. The van der Waals surface area contributed by atoms with Gasteiger partial charge in [-0.15, -0.1) is 0 Å². The molecule has 3 N–H and O–H groups in total. The van der Waals surface area contributed by atoms with Crippen molar-refractivity contribution in [2.45, 2.75) is 13.7 Å². The Hall–Kier alpha value is -0.995. The number of allylic oxidation sites excluding steroid dienone is 4. The number of hydrogen-bond acceptors (Lipinski definition) is 3. The second-order valence-corrected chi connectivity index (χ2v) is 1.96. The van der Waals surface area contributed by atoms with E-state index in [1.165, 1.54) is 19.0 Å². The summed E-state index contributed by atoms with van der Waals surface area (Å²) in [4.78, 5) is 0. The third-order valence-corrected chi connectivity index (χ3v) is 0.626. The number of aliphatic hydroxyl groups excluding tert-OH is 1. The second kappa shape index (κ2) is 10.0. The van der Waals surface area contributed by atoms with Gasteiger partial charge in [0.2, 0.25) is 0 Å². The van der Waals surface area contributed by atoms with E-state index < -0.39 is 7.12 Å². The second-order valence-electron chi connectivity index (χ2n) is 1.96. The Balaban J connectivity index is 0. The Morgan fingerprint density at radius 2 is 1.83 bits per heavy atom. The van der Waals surface area contributed by atoms with E-state index in [4.69, 9.17) is 15.2 Å². The van der Waals surface area contributed by atoms with Gasteiger partial charge in [-0.1, -0.05) is 18.7 Å². The maximum Gasteiger partial charge on any atom is 0.448 e. The highest BCUT2D eigenvalue weighted by Crippen LogP contribution is 1.88. The van der Waals surface area contributed by atoms with Crippen LogP contribution < -0.4 is 0 Å². The van der Waals surface area contributed by atoms with Gasteiger partial charge in [0.25, 0.3) is 0 Å². The van der Waals surface area contributed by atoms with Gasteiger partial charge in [0, 0.05) is 0 Å². The van der Waals surface area contributed by atoms with Crippen LogP contribution >= 0.6 is 0 Å². The van der Waals surface area contributed by atoms with Crippen LogP contribution in [0.2, 0.25) is 6.82 Å². The van der Waals surface area contributed by atoms with E-state index in [0.29, 0.717) is 0 Å². The van der Waals surface area contributed by atoms with Gasteiger partial charge in [0.1, 0.15) is 5.76 Å². The summed E-state index contributed by atoms with van der Waals surface area (Å²) in [7, 11) is -1.17. The Kier molecular flexibility index (Phi) is 11.3. The third-order valence-electron chi connectivity index (χ3n) is 0.626. The molecule has 0 amide bonds. The first-order chi connectivity index (χ1) is 5.54. The van der Waals surface area contributed by atoms with Crippen molar-refractivity contribution in [2.24, 2.45) is 0 Å². The summed E-state index contributed by atoms with van der Waals surface area (Å²) in [6.07, 6.45) is 6.42. The van der Waals surface area contributed by atoms with Crippen molar-refractivity contribution in [3.63, 3.8) is 0 Å². The van der Waals surface area contributed by atoms with E-state index in [9.17, 15) is 0 Å². The van der Waals surface area contributed by atoms with Crippen molar-refractivity contribution in [3.8, 4) is 0 Å². The zero-order valence-electron chi connectivity index (χ0n) is 7.44. The molecule has 68 valence electrons. The maximum atomic E-state index is 8.75. The van der Waals surface area contributed by atoms with Crippen LogP contribution in [0, 0.1) is 0 Å². The van der Waals surface area contributed by atoms with Crippen LogP contribution in [0.4, 0.5) is 0 Å². The minimum absolute atomic E-state index is 0.238. The molecule has 0 atom stereocenters. The van der Waals surface area contributed by atoms with Crippen molar-refractivity contribution in [1.82, 2.24) is 0 Å². The van der Waals surface area contributed by atoms with Crippen LogP contribution in [-0.2, 0) is 0 Å². The molecule has 0 rings (SSSR count). The zero-order chi connectivity index (χ0) is 9.98. The van der Waals surface area contributed by atoms with Crippen molar-refractivity contribution in [2.75, 3.05) is 0 Å². The molecule has 0 fully saturated rings. The molecule has 0 bridgehead atoms. The molecule has 0 heterocycles. The molecule has 4 heteroatoms. The van der Waals surface area contributed by atoms with Gasteiger partial charge >= 0.3 is 7.12 Å². The van der Waals surface area contributed by atoms with Crippen LogP contribution in [0.15, 0.2) is 36.6 Å². The van der Waals surface area contributed by atoms with Crippen LogP contribution in [0.1, 0.15) is 6.92 Å². The predicted molar refractivity (Wildman–Crippen MR) is 51.8 cm³/mol. The average Bonchev–Trinajstić information content (AvgIpc) is 1.87. The van der Waals surface area contributed by atoms with Crippen LogP contribution in [0.25, 0.3) is 0 Å². The Bertz CT molecular complexity index is 159. The molecule has 0 aliphatic carbocycles. The summed E-state index contributed by atoms with van der Waals surface area (Å²) in [5.74, 6) is 0.238. The molecule has 0 spiro atoms. The number of rotatable bonds is 2.